The van der Waals surface area contributed by atoms with Gasteiger partial charge in [0.25, 0.3) is 0 Å². The molecule has 0 aliphatic carbocycles. The maximum absolute atomic E-state index is 11.8. The number of halogens is 1. The Kier molecular flexibility index (Phi) is 6.15. The Hall–Kier alpha value is -0.550. The standard InChI is InChI=1S/C13H20BrNO2S/c1-11(2)10-18(16,17)15-13-7-3-5-12(9-13)6-4-8-14/h3,5,7,9,11,15H,4,6,8,10H2,1-2H3. The summed E-state index contributed by atoms with van der Waals surface area (Å²) in [5.41, 5.74) is 1.81. The molecule has 0 aromatic heterocycles. The maximum atomic E-state index is 11.8. The molecule has 0 bridgehead atoms. The summed E-state index contributed by atoms with van der Waals surface area (Å²) in [7, 11) is -3.23. The molecular formula is C13H20BrNO2S. The molecular weight excluding hydrogens is 314 g/mol. The second-order valence-corrected chi connectivity index (χ2v) is 7.33. The van der Waals surface area contributed by atoms with Crippen molar-refractivity contribution in [2.75, 3.05) is 15.8 Å². The molecule has 0 fully saturated rings. The molecule has 0 amide bonds. The van der Waals surface area contributed by atoms with E-state index in [9.17, 15) is 8.42 Å². The molecule has 1 aromatic carbocycles. The number of hydrogen-bond acceptors (Lipinski definition) is 2. The Bertz CT molecular complexity index is 472. The van der Waals surface area contributed by atoms with Crippen LogP contribution in [0.3, 0.4) is 0 Å². The van der Waals surface area contributed by atoms with E-state index in [1.54, 1.807) is 6.07 Å². The number of benzene rings is 1. The molecule has 1 rings (SSSR count). The van der Waals surface area contributed by atoms with Crippen LogP contribution in [0.25, 0.3) is 0 Å². The number of rotatable bonds is 7. The van der Waals surface area contributed by atoms with Crippen molar-refractivity contribution in [3.05, 3.63) is 29.8 Å². The van der Waals surface area contributed by atoms with Crippen LogP contribution in [0.2, 0.25) is 0 Å². The van der Waals surface area contributed by atoms with E-state index in [1.807, 2.05) is 32.0 Å². The monoisotopic (exact) mass is 333 g/mol. The predicted molar refractivity (Wildman–Crippen MR) is 80.8 cm³/mol. The fourth-order valence-corrected chi connectivity index (χ4v) is 3.45. The third kappa shape index (κ3) is 5.87. The fourth-order valence-electron chi connectivity index (χ4n) is 1.72. The molecule has 0 saturated carbocycles. The fraction of sp³-hybridized carbons (Fsp3) is 0.538. The zero-order valence-corrected chi connectivity index (χ0v) is 13.2. The zero-order chi connectivity index (χ0) is 13.6. The lowest BCUT2D eigenvalue weighted by molar-refractivity contribution is 0.587. The number of aryl methyl sites for hydroxylation is 1. The largest absolute Gasteiger partial charge is 0.284 e. The number of anilines is 1. The molecule has 3 nitrogen and oxygen atoms in total. The van der Waals surface area contributed by atoms with Crippen molar-refractivity contribution < 1.29 is 8.42 Å². The molecule has 1 aromatic rings. The molecule has 18 heavy (non-hydrogen) atoms. The third-order valence-electron chi connectivity index (χ3n) is 2.35. The molecule has 0 atom stereocenters. The lowest BCUT2D eigenvalue weighted by Crippen LogP contribution is -2.20. The highest BCUT2D eigenvalue weighted by molar-refractivity contribution is 9.09. The molecule has 1 N–H and O–H groups in total. The van der Waals surface area contributed by atoms with Crippen LogP contribution in [0, 0.1) is 5.92 Å². The highest BCUT2D eigenvalue weighted by Crippen LogP contribution is 2.15. The van der Waals surface area contributed by atoms with Gasteiger partial charge in [0.05, 0.1) is 5.75 Å². The van der Waals surface area contributed by atoms with Gasteiger partial charge in [-0.1, -0.05) is 41.9 Å². The first-order valence-electron chi connectivity index (χ1n) is 6.08. The van der Waals surface area contributed by atoms with Crippen LogP contribution in [-0.2, 0) is 16.4 Å². The Balaban J connectivity index is 2.72. The summed E-state index contributed by atoms with van der Waals surface area (Å²) in [6, 6.07) is 7.59. The highest BCUT2D eigenvalue weighted by atomic mass is 79.9. The summed E-state index contributed by atoms with van der Waals surface area (Å²) < 4.78 is 26.3. The van der Waals surface area contributed by atoms with Crippen LogP contribution in [-0.4, -0.2) is 19.5 Å². The lowest BCUT2D eigenvalue weighted by Gasteiger charge is -2.11. The minimum Gasteiger partial charge on any atom is -0.284 e. The van der Waals surface area contributed by atoms with Crippen molar-refractivity contribution in [3.63, 3.8) is 0 Å². The van der Waals surface area contributed by atoms with E-state index in [1.165, 1.54) is 0 Å². The topological polar surface area (TPSA) is 46.2 Å². The van der Waals surface area contributed by atoms with E-state index in [4.69, 9.17) is 0 Å². The van der Waals surface area contributed by atoms with Gasteiger partial charge in [-0.15, -0.1) is 0 Å². The Labute approximate surface area is 118 Å². The number of nitrogens with one attached hydrogen (secondary N) is 1. The van der Waals surface area contributed by atoms with Gasteiger partial charge in [0.15, 0.2) is 0 Å². The van der Waals surface area contributed by atoms with Gasteiger partial charge in [-0.25, -0.2) is 8.42 Å². The number of hydrogen-bond donors (Lipinski definition) is 1. The van der Waals surface area contributed by atoms with E-state index in [0.29, 0.717) is 5.69 Å². The van der Waals surface area contributed by atoms with Gasteiger partial charge < -0.3 is 0 Å². The van der Waals surface area contributed by atoms with Crippen LogP contribution < -0.4 is 4.72 Å². The first kappa shape index (κ1) is 15.5. The van der Waals surface area contributed by atoms with Crippen molar-refractivity contribution in [1.82, 2.24) is 0 Å². The van der Waals surface area contributed by atoms with Crippen LogP contribution >= 0.6 is 15.9 Å². The minimum absolute atomic E-state index is 0.124. The summed E-state index contributed by atoms with van der Waals surface area (Å²) in [5.74, 6) is 0.276. The van der Waals surface area contributed by atoms with Gasteiger partial charge in [-0.3, -0.25) is 4.72 Å². The summed E-state index contributed by atoms with van der Waals surface area (Å²) in [4.78, 5) is 0. The van der Waals surface area contributed by atoms with Crippen LogP contribution in [0.1, 0.15) is 25.8 Å². The maximum Gasteiger partial charge on any atom is 0.232 e. The summed E-state index contributed by atoms with van der Waals surface area (Å²) in [6.45, 7) is 3.79. The minimum atomic E-state index is -3.23. The van der Waals surface area contributed by atoms with Gasteiger partial charge in [0.2, 0.25) is 10.0 Å². The van der Waals surface area contributed by atoms with Crippen molar-refractivity contribution in [1.29, 1.82) is 0 Å². The Morgan fingerprint density at radius 1 is 1.33 bits per heavy atom. The Morgan fingerprint density at radius 2 is 2.06 bits per heavy atom. The summed E-state index contributed by atoms with van der Waals surface area (Å²) in [5, 5.41) is 0.955. The summed E-state index contributed by atoms with van der Waals surface area (Å²) in [6.07, 6.45) is 1.99. The van der Waals surface area contributed by atoms with Gasteiger partial charge in [0.1, 0.15) is 0 Å². The SMILES string of the molecule is CC(C)CS(=O)(=O)Nc1cccc(CCCBr)c1. The first-order chi connectivity index (χ1) is 8.43. The molecule has 0 radical (unpaired) electrons. The predicted octanol–water partition coefficient (Wildman–Crippen LogP) is 3.41. The molecule has 0 aliphatic rings. The highest BCUT2D eigenvalue weighted by Gasteiger charge is 2.12. The average molecular weight is 334 g/mol. The van der Waals surface area contributed by atoms with E-state index in [0.717, 1.165) is 23.7 Å². The van der Waals surface area contributed by atoms with Gasteiger partial charge in [0, 0.05) is 11.0 Å². The van der Waals surface area contributed by atoms with Crippen LogP contribution in [0.15, 0.2) is 24.3 Å². The lowest BCUT2D eigenvalue weighted by atomic mass is 10.1. The van der Waals surface area contributed by atoms with Gasteiger partial charge in [-0.2, -0.15) is 0 Å². The summed E-state index contributed by atoms with van der Waals surface area (Å²) >= 11 is 3.39. The molecule has 102 valence electrons. The second-order valence-electron chi connectivity index (χ2n) is 4.77. The number of alkyl halides is 1. The molecule has 0 heterocycles. The zero-order valence-electron chi connectivity index (χ0n) is 10.8. The first-order valence-corrected chi connectivity index (χ1v) is 8.85. The normalized spacial score (nSPS) is 11.8. The molecule has 0 aliphatic heterocycles. The average Bonchev–Trinajstić information content (AvgIpc) is 2.24. The van der Waals surface area contributed by atoms with Gasteiger partial charge in [-0.05, 0) is 36.5 Å². The van der Waals surface area contributed by atoms with Crippen LogP contribution in [0.4, 0.5) is 5.69 Å². The smallest absolute Gasteiger partial charge is 0.232 e. The molecule has 0 spiro atoms. The van der Waals surface area contributed by atoms with E-state index in [2.05, 4.69) is 20.7 Å². The molecule has 0 saturated heterocycles. The van der Waals surface area contributed by atoms with E-state index in [-0.39, 0.29) is 11.7 Å². The van der Waals surface area contributed by atoms with Crippen LogP contribution in [0.5, 0.6) is 0 Å². The quantitative estimate of drug-likeness (QED) is 0.777. The third-order valence-corrected chi connectivity index (χ3v) is 4.57. The van der Waals surface area contributed by atoms with Crippen molar-refractivity contribution in [2.24, 2.45) is 5.92 Å². The van der Waals surface area contributed by atoms with Crippen molar-refractivity contribution in [3.8, 4) is 0 Å². The second kappa shape index (κ2) is 7.14. The van der Waals surface area contributed by atoms with Crippen molar-refractivity contribution in [2.45, 2.75) is 26.7 Å². The van der Waals surface area contributed by atoms with E-state index >= 15 is 0 Å². The Morgan fingerprint density at radius 3 is 2.67 bits per heavy atom. The molecule has 0 unspecified atom stereocenters. The molecule has 5 heteroatoms. The van der Waals surface area contributed by atoms with E-state index < -0.39 is 10.0 Å². The van der Waals surface area contributed by atoms with Gasteiger partial charge >= 0.3 is 0 Å². The van der Waals surface area contributed by atoms with Crippen molar-refractivity contribution >= 4 is 31.6 Å². The number of sulfonamides is 1.